The van der Waals surface area contributed by atoms with Crippen LogP contribution < -0.4 is 14.8 Å². The van der Waals surface area contributed by atoms with E-state index in [-0.39, 0.29) is 6.61 Å². The molecule has 0 saturated carbocycles. The van der Waals surface area contributed by atoms with Crippen LogP contribution in [0.5, 0.6) is 11.5 Å². The van der Waals surface area contributed by atoms with E-state index in [1.807, 2.05) is 0 Å². The number of hydrogen-bond acceptors (Lipinski definition) is 5. The number of carbonyl (C=O) groups is 2. The highest BCUT2D eigenvalue weighted by atomic mass is 16.5. The lowest BCUT2D eigenvalue weighted by Crippen LogP contribution is -2.41. The number of ether oxygens (including phenoxy) is 2. The zero-order valence-electron chi connectivity index (χ0n) is 16.6. The van der Waals surface area contributed by atoms with Crippen LogP contribution in [0.2, 0.25) is 0 Å². The molecule has 0 aliphatic heterocycles. The topological polar surface area (TPSA) is 88.1 Å². The van der Waals surface area contributed by atoms with Crippen LogP contribution in [0.1, 0.15) is 45.4 Å². The smallest absolute Gasteiger partial charge is 0.314 e. The van der Waals surface area contributed by atoms with Gasteiger partial charge in [-0.1, -0.05) is 32.6 Å². The molecule has 0 spiro atoms. The van der Waals surface area contributed by atoms with E-state index in [0.717, 1.165) is 25.7 Å². The number of methoxy groups -OCH3 is 2. The predicted molar refractivity (Wildman–Crippen MR) is 105 cm³/mol. The van der Waals surface area contributed by atoms with Crippen LogP contribution in [-0.4, -0.2) is 55.7 Å². The Labute approximate surface area is 161 Å². The van der Waals surface area contributed by atoms with Crippen molar-refractivity contribution in [1.82, 2.24) is 4.90 Å². The van der Waals surface area contributed by atoms with Gasteiger partial charge in [0.25, 0.3) is 0 Å². The molecule has 0 aliphatic carbocycles. The second-order valence-corrected chi connectivity index (χ2v) is 6.30. The van der Waals surface area contributed by atoms with Gasteiger partial charge in [0, 0.05) is 25.8 Å². The molecule has 1 aromatic carbocycles. The van der Waals surface area contributed by atoms with Crippen LogP contribution in [0.15, 0.2) is 18.2 Å². The van der Waals surface area contributed by atoms with E-state index in [4.69, 9.17) is 14.6 Å². The number of hydrogen-bond donors (Lipinski definition) is 2. The second kappa shape index (κ2) is 13.0. The highest BCUT2D eigenvalue weighted by molar-refractivity contribution is 6.39. The van der Waals surface area contributed by atoms with Gasteiger partial charge in [0.05, 0.1) is 19.9 Å². The van der Waals surface area contributed by atoms with Gasteiger partial charge in [-0.25, -0.2) is 0 Å². The van der Waals surface area contributed by atoms with Gasteiger partial charge in [0.15, 0.2) is 0 Å². The van der Waals surface area contributed by atoms with E-state index in [0.29, 0.717) is 36.7 Å². The summed E-state index contributed by atoms with van der Waals surface area (Å²) in [4.78, 5) is 26.5. The van der Waals surface area contributed by atoms with E-state index in [1.54, 1.807) is 18.2 Å². The molecule has 2 amide bonds. The van der Waals surface area contributed by atoms with E-state index in [2.05, 4.69) is 12.2 Å². The Morgan fingerprint density at radius 3 is 2.37 bits per heavy atom. The number of aliphatic hydroxyl groups is 1. The molecular weight excluding hydrogens is 348 g/mol. The summed E-state index contributed by atoms with van der Waals surface area (Å²) in [6.45, 7) is 2.99. The largest absolute Gasteiger partial charge is 0.497 e. The van der Waals surface area contributed by atoms with Crippen LogP contribution in [0, 0.1) is 0 Å². The molecule has 0 aliphatic rings. The molecule has 7 heteroatoms. The molecule has 1 aromatic rings. The van der Waals surface area contributed by atoms with Crippen LogP contribution in [0.3, 0.4) is 0 Å². The number of aliphatic hydroxyl groups excluding tert-OH is 1. The average molecular weight is 380 g/mol. The molecule has 1 rings (SSSR count). The lowest BCUT2D eigenvalue weighted by Gasteiger charge is -2.22. The van der Waals surface area contributed by atoms with Crippen molar-refractivity contribution in [2.75, 3.05) is 39.2 Å². The number of anilines is 1. The van der Waals surface area contributed by atoms with Gasteiger partial charge in [-0.05, 0) is 25.0 Å². The second-order valence-electron chi connectivity index (χ2n) is 6.30. The van der Waals surface area contributed by atoms with Crippen molar-refractivity contribution in [1.29, 1.82) is 0 Å². The molecule has 27 heavy (non-hydrogen) atoms. The summed E-state index contributed by atoms with van der Waals surface area (Å²) >= 11 is 0. The predicted octanol–water partition coefficient (Wildman–Crippen LogP) is 2.82. The van der Waals surface area contributed by atoms with Crippen molar-refractivity contribution in [3.05, 3.63) is 18.2 Å². The molecule has 0 unspecified atom stereocenters. The molecule has 0 heterocycles. The third kappa shape index (κ3) is 7.86. The Morgan fingerprint density at radius 1 is 1.04 bits per heavy atom. The van der Waals surface area contributed by atoms with Gasteiger partial charge >= 0.3 is 11.8 Å². The SMILES string of the molecule is CCCCCCCN(CCCO)C(=O)C(=O)Nc1ccc(OC)cc1OC. The molecule has 0 fully saturated rings. The standard InChI is InChI=1S/C20H32N2O5/c1-4-5-6-7-8-12-22(13-9-14-23)20(25)19(24)21-17-11-10-16(26-2)15-18(17)27-3/h10-11,15,23H,4-9,12-14H2,1-3H3,(H,21,24). The first-order valence-corrected chi connectivity index (χ1v) is 9.50. The monoisotopic (exact) mass is 380 g/mol. The summed E-state index contributed by atoms with van der Waals surface area (Å²) in [6.07, 6.45) is 5.75. The minimum atomic E-state index is -0.718. The van der Waals surface area contributed by atoms with Crippen LogP contribution in [0.25, 0.3) is 0 Å². The van der Waals surface area contributed by atoms with Gasteiger partial charge < -0.3 is 24.8 Å². The fourth-order valence-corrected chi connectivity index (χ4v) is 2.70. The van der Waals surface area contributed by atoms with E-state index in [9.17, 15) is 9.59 Å². The zero-order chi connectivity index (χ0) is 20.1. The number of nitrogens with zero attached hydrogens (tertiary/aromatic N) is 1. The molecule has 0 atom stereocenters. The van der Waals surface area contributed by atoms with Crippen molar-refractivity contribution in [2.45, 2.75) is 45.4 Å². The third-order valence-corrected chi connectivity index (χ3v) is 4.26. The van der Waals surface area contributed by atoms with Gasteiger partial charge in [-0.2, -0.15) is 0 Å². The Kier molecular flexibility index (Phi) is 10.9. The summed E-state index contributed by atoms with van der Waals surface area (Å²) in [5.41, 5.74) is 0.404. The fraction of sp³-hybridized carbons (Fsp3) is 0.600. The first-order valence-electron chi connectivity index (χ1n) is 9.50. The highest BCUT2D eigenvalue weighted by Gasteiger charge is 2.22. The maximum Gasteiger partial charge on any atom is 0.314 e. The molecule has 0 radical (unpaired) electrons. The van der Waals surface area contributed by atoms with Crippen molar-refractivity contribution in [3.63, 3.8) is 0 Å². The molecule has 152 valence electrons. The average Bonchev–Trinajstić information content (AvgIpc) is 2.69. The van der Waals surface area contributed by atoms with Crippen LogP contribution in [-0.2, 0) is 9.59 Å². The Morgan fingerprint density at radius 2 is 1.74 bits per heavy atom. The first kappa shape index (κ1) is 22.8. The molecule has 2 N–H and O–H groups in total. The number of amides is 2. The van der Waals surface area contributed by atoms with Crippen molar-refractivity contribution >= 4 is 17.5 Å². The quantitative estimate of drug-likeness (QED) is 0.430. The molecular formula is C20H32N2O5. The molecule has 7 nitrogen and oxygen atoms in total. The minimum absolute atomic E-state index is 0.0203. The lowest BCUT2D eigenvalue weighted by molar-refractivity contribution is -0.143. The van der Waals surface area contributed by atoms with Gasteiger partial charge in [-0.3, -0.25) is 9.59 Å². The third-order valence-electron chi connectivity index (χ3n) is 4.26. The summed E-state index contributed by atoms with van der Waals surface area (Å²) in [5.74, 6) is -0.313. The Balaban J connectivity index is 2.71. The number of nitrogens with one attached hydrogen (secondary N) is 1. The van der Waals surface area contributed by atoms with E-state index >= 15 is 0 Å². The Bertz CT molecular complexity index is 592. The maximum atomic E-state index is 12.6. The lowest BCUT2D eigenvalue weighted by atomic mass is 10.1. The molecule has 0 bridgehead atoms. The first-order chi connectivity index (χ1) is 13.1. The van der Waals surface area contributed by atoms with Gasteiger partial charge in [0.2, 0.25) is 0 Å². The van der Waals surface area contributed by atoms with Crippen molar-refractivity contribution in [3.8, 4) is 11.5 Å². The number of rotatable bonds is 12. The Hall–Kier alpha value is -2.28. The highest BCUT2D eigenvalue weighted by Crippen LogP contribution is 2.29. The van der Waals surface area contributed by atoms with E-state index in [1.165, 1.54) is 25.5 Å². The van der Waals surface area contributed by atoms with Crippen molar-refractivity contribution in [2.24, 2.45) is 0 Å². The fourth-order valence-electron chi connectivity index (χ4n) is 2.70. The minimum Gasteiger partial charge on any atom is -0.497 e. The summed E-state index contributed by atoms with van der Waals surface area (Å²) in [5, 5.41) is 11.7. The number of benzene rings is 1. The van der Waals surface area contributed by atoms with Crippen LogP contribution >= 0.6 is 0 Å². The van der Waals surface area contributed by atoms with Gasteiger partial charge in [-0.15, -0.1) is 0 Å². The summed E-state index contributed by atoms with van der Waals surface area (Å²) < 4.78 is 10.4. The van der Waals surface area contributed by atoms with E-state index < -0.39 is 11.8 Å². The van der Waals surface area contributed by atoms with Crippen molar-refractivity contribution < 1.29 is 24.2 Å². The van der Waals surface area contributed by atoms with Gasteiger partial charge in [0.1, 0.15) is 11.5 Å². The zero-order valence-corrected chi connectivity index (χ0v) is 16.6. The summed E-state index contributed by atoms with van der Waals surface area (Å²) in [7, 11) is 3.02. The molecule has 0 saturated heterocycles. The number of unbranched alkanes of at least 4 members (excludes halogenated alkanes) is 4. The van der Waals surface area contributed by atoms with Crippen LogP contribution in [0.4, 0.5) is 5.69 Å². The summed E-state index contributed by atoms with van der Waals surface area (Å²) in [6, 6.07) is 4.95. The number of carbonyl (C=O) groups excluding carboxylic acids is 2. The maximum absolute atomic E-state index is 12.6. The molecule has 0 aromatic heterocycles. The normalized spacial score (nSPS) is 10.4.